The lowest BCUT2D eigenvalue weighted by atomic mass is 9.54. The fraction of sp³-hybridized carbons (Fsp3) is 0.600. The summed E-state index contributed by atoms with van der Waals surface area (Å²) in [6.07, 6.45) is 2.13. The van der Waals surface area contributed by atoms with Crippen LogP contribution in [-0.4, -0.2) is 20.3 Å². The lowest BCUT2D eigenvalue weighted by Crippen LogP contribution is -2.54. The topological polar surface area (TPSA) is 44.5 Å². The molecule has 0 saturated heterocycles. The number of nitrogens with two attached hydrogens (primary N) is 1. The van der Waals surface area contributed by atoms with Crippen LogP contribution in [0.2, 0.25) is 0 Å². The molecule has 0 aliphatic heterocycles. The molecule has 3 atom stereocenters. The number of rotatable bonds is 4. The molecule has 0 radical (unpaired) electrons. The standard InChI is InChI=1S/C15H23NO2/c1-5-15(2)12(9-14(15)16)11-7-6-10(17-3)8-13(11)18-4/h6-8,12,14H,5,9,16H2,1-4H3. The van der Waals surface area contributed by atoms with Gasteiger partial charge in [0.2, 0.25) is 0 Å². The van der Waals surface area contributed by atoms with Gasteiger partial charge in [-0.05, 0) is 35.8 Å². The van der Waals surface area contributed by atoms with Crippen LogP contribution in [0.1, 0.15) is 38.2 Å². The molecule has 0 bridgehead atoms. The van der Waals surface area contributed by atoms with E-state index in [4.69, 9.17) is 15.2 Å². The van der Waals surface area contributed by atoms with Gasteiger partial charge in [0, 0.05) is 12.1 Å². The van der Waals surface area contributed by atoms with E-state index >= 15 is 0 Å². The summed E-state index contributed by atoms with van der Waals surface area (Å²) >= 11 is 0. The number of methoxy groups -OCH3 is 2. The molecule has 1 aromatic rings. The van der Waals surface area contributed by atoms with Crippen LogP contribution in [0.5, 0.6) is 11.5 Å². The Kier molecular flexibility index (Phi) is 3.53. The maximum absolute atomic E-state index is 6.18. The van der Waals surface area contributed by atoms with Crippen LogP contribution < -0.4 is 15.2 Å². The maximum Gasteiger partial charge on any atom is 0.126 e. The van der Waals surface area contributed by atoms with Crippen molar-refractivity contribution in [2.24, 2.45) is 11.1 Å². The fourth-order valence-corrected chi connectivity index (χ4v) is 2.99. The average Bonchev–Trinajstić information content (AvgIpc) is 2.43. The fourth-order valence-electron chi connectivity index (χ4n) is 2.99. The van der Waals surface area contributed by atoms with E-state index in [1.807, 2.05) is 12.1 Å². The third kappa shape index (κ3) is 1.87. The monoisotopic (exact) mass is 249 g/mol. The van der Waals surface area contributed by atoms with Gasteiger partial charge in [-0.2, -0.15) is 0 Å². The average molecular weight is 249 g/mol. The molecule has 100 valence electrons. The van der Waals surface area contributed by atoms with E-state index in [-0.39, 0.29) is 5.41 Å². The van der Waals surface area contributed by atoms with Crippen molar-refractivity contribution in [1.82, 2.24) is 0 Å². The minimum absolute atomic E-state index is 0.182. The molecule has 0 amide bonds. The van der Waals surface area contributed by atoms with E-state index in [1.165, 1.54) is 5.56 Å². The molecule has 1 aromatic carbocycles. The van der Waals surface area contributed by atoms with Crippen molar-refractivity contribution in [2.75, 3.05) is 14.2 Å². The number of ether oxygens (including phenoxy) is 2. The highest BCUT2D eigenvalue weighted by Crippen LogP contribution is 2.55. The molecule has 3 nitrogen and oxygen atoms in total. The van der Waals surface area contributed by atoms with Crippen LogP contribution in [0.3, 0.4) is 0 Å². The molecule has 3 heteroatoms. The van der Waals surface area contributed by atoms with E-state index in [9.17, 15) is 0 Å². The molecule has 2 rings (SSSR count). The highest BCUT2D eigenvalue weighted by molar-refractivity contribution is 5.45. The summed E-state index contributed by atoms with van der Waals surface area (Å²) in [6, 6.07) is 6.36. The summed E-state index contributed by atoms with van der Waals surface area (Å²) in [5, 5.41) is 0. The Hall–Kier alpha value is -1.22. The predicted molar refractivity (Wildman–Crippen MR) is 73.3 cm³/mol. The Morgan fingerprint density at radius 3 is 2.56 bits per heavy atom. The summed E-state index contributed by atoms with van der Waals surface area (Å²) in [7, 11) is 3.38. The summed E-state index contributed by atoms with van der Waals surface area (Å²) < 4.78 is 10.7. The predicted octanol–water partition coefficient (Wildman–Crippen LogP) is 2.93. The SMILES string of the molecule is CCC1(C)C(N)CC1c1ccc(OC)cc1OC. The minimum atomic E-state index is 0.182. The van der Waals surface area contributed by atoms with Crippen LogP contribution in [0, 0.1) is 5.41 Å². The highest BCUT2D eigenvalue weighted by atomic mass is 16.5. The van der Waals surface area contributed by atoms with Crippen molar-refractivity contribution in [1.29, 1.82) is 0 Å². The first-order chi connectivity index (χ1) is 8.56. The summed E-state index contributed by atoms with van der Waals surface area (Å²) in [6.45, 7) is 4.48. The van der Waals surface area contributed by atoms with Crippen molar-refractivity contribution in [3.05, 3.63) is 23.8 Å². The molecule has 1 aliphatic carbocycles. The van der Waals surface area contributed by atoms with E-state index in [1.54, 1.807) is 14.2 Å². The van der Waals surface area contributed by atoms with Gasteiger partial charge in [0.25, 0.3) is 0 Å². The second-order valence-corrected chi connectivity index (χ2v) is 5.36. The summed E-state index contributed by atoms with van der Waals surface area (Å²) in [5.74, 6) is 2.22. The molecule has 0 heterocycles. The Labute approximate surface area is 109 Å². The van der Waals surface area contributed by atoms with Crippen molar-refractivity contribution in [3.8, 4) is 11.5 Å². The normalized spacial score (nSPS) is 30.7. The van der Waals surface area contributed by atoms with Gasteiger partial charge in [0.1, 0.15) is 11.5 Å². The van der Waals surface area contributed by atoms with Gasteiger partial charge in [-0.3, -0.25) is 0 Å². The molecule has 1 saturated carbocycles. The van der Waals surface area contributed by atoms with E-state index in [0.29, 0.717) is 12.0 Å². The van der Waals surface area contributed by atoms with Gasteiger partial charge in [0.15, 0.2) is 0 Å². The second kappa shape index (κ2) is 4.81. The largest absolute Gasteiger partial charge is 0.497 e. The first-order valence-corrected chi connectivity index (χ1v) is 6.54. The van der Waals surface area contributed by atoms with Crippen LogP contribution >= 0.6 is 0 Å². The maximum atomic E-state index is 6.18. The Balaban J connectivity index is 2.34. The molecule has 2 N–H and O–H groups in total. The Morgan fingerprint density at radius 2 is 2.06 bits per heavy atom. The van der Waals surface area contributed by atoms with Gasteiger partial charge >= 0.3 is 0 Å². The molecular formula is C15H23NO2. The van der Waals surface area contributed by atoms with Crippen LogP contribution in [0.15, 0.2) is 18.2 Å². The van der Waals surface area contributed by atoms with E-state index < -0.39 is 0 Å². The summed E-state index contributed by atoms with van der Waals surface area (Å²) in [4.78, 5) is 0. The third-order valence-corrected chi connectivity index (χ3v) is 4.71. The van der Waals surface area contributed by atoms with Crippen molar-refractivity contribution in [3.63, 3.8) is 0 Å². The van der Waals surface area contributed by atoms with Gasteiger partial charge in [-0.25, -0.2) is 0 Å². The third-order valence-electron chi connectivity index (χ3n) is 4.71. The van der Waals surface area contributed by atoms with Gasteiger partial charge in [-0.1, -0.05) is 19.9 Å². The lowest BCUT2D eigenvalue weighted by molar-refractivity contribution is 0.0689. The van der Waals surface area contributed by atoms with Crippen molar-refractivity contribution in [2.45, 2.75) is 38.6 Å². The second-order valence-electron chi connectivity index (χ2n) is 5.36. The van der Waals surface area contributed by atoms with Crippen LogP contribution in [0.25, 0.3) is 0 Å². The molecule has 0 spiro atoms. The lowest BCUT2D eigenvalue weighted by Gasteiger charge is -2.53. The van der Waals surface area contributed by atoms with Crippen LogP contribution in [-0.2, 0) is 0 Å². The zero-order chi connectivity index (χ0) is 13.3. The molecule has 0 aromatic heterocycles. The molecule has 3 unspecified atom stereocenters. The smallest absolute Gasteiger partial charge is 0.126 e. The minimum Gasteiger partial charge on any atom is -0.497 e. The van der Waals surface area contributed by atoms with E-state index in [2.05, 4.69) is 19.9 Å². The molecule has 18 heavy (non-hydrogen) atoms. The molecular weight excluding hydrogens is 226 g/mol. The number of hydrogen-bond donors (Lipinski definition) is 1. The van der Waals surface area contributed by atoms with E-state index in [0.717, 1.165) is 24.3 Å². The highest BCUT2D eigenvalue weighted by Gasteiger charge is 2.49. The number of benzene rings is 1. The van der Waals surface area contributed by atoms with Crippen LogP contribution in [0.4, 0.5) is 0 Å². The Morgan fingerprint density at radius 1 is 1.33 bits per heavy atom. The van der Waals surface area contributed by atoms with Crippen molar-refractivity contribution >= 4 is 0 Å². The van der Waals surface area contributed by atoms with Gasteiger partial charge < -0.3 is 15.2 Å². The molecule has 1 fully saturated rings. The van der Waals surface area contributed by atoms with Gasteiger partial charge in [-0.15, -0.1) is 0 Å². The quantitative estimate of drug-likeness (QED) is 0.892. The first kappa shape index (κ1) is 13.2. The number of hydrogen-bond acceptors (Lipinski definition) is 3. The molecule has 1 aliphatic rings. The van der Waals surface area contributed by atoms with Crippen molar-refractivity contribution < 1.29 is 9.47 Å². The zero-order valence-electron chi connectivity index (χ0n) is 11.7. The first-order valence-electron chi connectivity index (χ1n) is 6.54. The zero-order valence-corrected chi connectivity index (χ0v) is 11.7. The summed E-state index contributed by atoms with van der Waals surface area (Å²) in [5.41, 5.74) is 7.61. The Bertz CT molecular complexity index is 433. The van der Waals surface area contributed by atoms with Gasteiger partial charge in [0.05, 0.1) is 14.2 Å².